The number of aryl methyl sites for hydroxylation is 1. The third-order valence-electron chi connectivity index (χ3n) is 3.20. The molecule has 0 aliphatic carbocycles. The van der Waals surface area contributed by atoms with Crippen LogP contribution in [0.5, 0.6) is 0 Å². The number of carboxylic acids is 1. The molecular formula is C15H17N3O4. The summed E-state index contributed by atoms with van der Waals surface area (Å²) in [5, 5.41) is 15.4. The first-order valence-electron chi connectivity index (χ1n) is 6.72. The Labute approximate surface area is 127 Å². The summed E-state index contributed by atoms with van der Waals surface area (Å²) in [6, 6.07) is 6.79. The van der Waals surface area contributed by atoms with Crippen molar-refractivity contribution in [3.63, 3.8) is 0 Å². The third kappa shape index (κ3) is 3.30. The fraction of sp³-hybridized carbons (Fsp3) is 0.333. The second-order valence-electron chi connectivity index (χ2n) is 5.56. The van der Waals surface area contributed by atoms with E-state index in [4.69, 9.17) is 9.63 Å². The Bertz CT molecular complexity index is 706. The molecule has 0 spiro atoms. The summed E-state index contributed by atoms with van der Waals surface area (Å²) in [6.45, 7) is 4.79. The molecule has 0 unspecified atom stereocenters. The zero-order chi connectivity index (χ0) is 16.3. The van der Waals surface area contributed by atoms with Gasteiger partial charge in [-0.15, -0.1) is 0 Å². The number of carbonyl (C=O) groups excluding carboxylic acids is 1. The van der Waals surface area contributed by atoms with Crippen molar-refractivity contribution in [1.29, 1.82) is 0 Å². The lowest BCUT2D eigenvalue weighted by molar-refractivity contribution is -0.146. The SMILES string of the molecule is Cc1noc(-c2ccccc2C(=O)NCC(C)(C)C(=O)O)n1. The van der Waals surface area contributed by atoms with Crippen molar-refractivity contribution in [3.05, 3.63) is 35.7 Å². The highest BCUT2D eigenvalue weighted by molar-refractivity contribution is 6.00. The van der Waals surface area contributed by atoms with Gasteiger partial charge in [-0.1, -0.05) is 17.3 Å². The summed E-state index contributed by atoms with van der Waals surface area (Å²) in [6.07, 6.45) is 0. The molecule has 2 aromatic rings. The van der Waals surface area contributed by atoms with Crippen LogP contribution in [0.2, 0.25) is 0 Å². The number of benzene rings is 1. The molecule has 1 aromatic heterocycles. The van der Waals surface area contributed by atoms with E-state index in [0.29, 0.717) is 17.0 Å². The Morgan fingerprint density at radius 2 is 2.00 bits per heavy atom. The largest absolute Gasteiger partial charge is 0.481 e. The number of hydrogen-bond donors (Lipinski definition) is 2. The molecule has 0 aliphatic heterocycles. The highest BCUT2D eigenvalue weighted by Gasteiger charge is 2.28. The van der Waals surface area contributed by atoms with Gasteiger partial charge in [0, 0.05) is 6.54 Å². The summed E-state index contributed by atoms with van der Waals surface area (Å²) in [4.78, 5) is 27.5. The van der Waals surface area contributed by atoms with Crippen LogP contribution in [0.4, 0.5) is 0 Å². The molecule has 1 aromatic carbocycles. The van der Waals surface area contributed by atoms with Gasteiger partial charge in [0.2, 0.25) is 0 Å². The van der Waals surface area contributed by atoms with Gasteiger partial charge in [-0.3, -0.25) is 9.59 Å². The Hall–Kier alpha value is -2.70. The number of amides is 1. The Balaban J connectivity index is 2.22. The molecule has 0 saturated carbocycles. The molecule has 0 saturated heterocycles. The van der Waals surface area contributed by atoms with Crippen LogP contribution >= 0.6 is 0 Å². The molecule has 7 nitrogen and oxygen atoms in total. The van der Waals surface area contributed by atoms with Crippen LogP contribution in [-0.2, 0) is 4.79 Å². The predicted octanol–water partition coefficient (Wildman–Crippen LogP) is 1.89. The van der Waals surface area contributed by atoms with Gasteiger partial charge >= 0.3 is 5.97 Å². The maximum Gasteiger partial charge on any atom is 0.310 e. The van der Waals surface area contributed by atoms with E-state index in [9.17, 15) is 9.59 Å². The minimum atomic E-state index is -1.05. The maximum absolute atomic E-state index is 12.3. The monoisotopic (exact) mass is 303 g/mol. The van der Waals surface area contributed by atoms with Gasteiger partial charge in [0.05, 0.1) is 16.5 Å². The number of nitrogens with one attached hydrogen (secondary N) is 1. The van der Waals surface area contributed by atoms with Crippen LogP contribution < -0.4 is 5.32 Å². The van der Waals surface area contributed by atoms with Gasteiger partial charge in [-0.05, 0) is 32.9 Å². The minimum Gasteiger partial charge on any atom is -0.481 e. The van der Waals surface area contributed by atoms with E-state index in [2.05, 4.69) is 15.5 Å². The molecule has 0 bridgehead atoms. The van der Waals surface area contributed by atoms with E-state index in [1.54, 1.807) is 45.0 Å². The molecule has 1 amide bonds. The van der Waals surface area contributed by atoms with Crippen molar-refractivity contribution in [2.75, 3.05) is 6.54 Å². The van der Waals surface area contributed by atoms with E-state index in [0.717, 1.165) is 0 Å². The highest BCUT2D eigenvalue weighted by atomic mass is 16.5. The third-order valence-corrected chi connectivity index (χ3v) is 3.20. The molecule has 1 heterocycles. The van der Waals surface area contributed by atoms with Crippen LogP contribution in [0.3, 0.4) is 0 Å². The number of aliphatic carboxylic acids is 1. The van der Waals surface area contributed by atoms with Crippen LogP contribution in [0.1, 0.15) is 30.0 Å². The van der Waals surface area contributed by atoms with Gasteiger partial charge in [-0.2, -0.15) is 4.98 Å². The molecule has 0 fully saturated rings. The summed E-state index contributed by atoms with van der Waals surface area (Å²) >= 11 is 0. The molecular weight excluding hydrogens is 286 g/mol. The molecule has 0 radical (unpaired) electrons. The van der Waals surface area contributed by atoms with E-state index < -0.39 is 11.4 Å². The van der Waals surface area contributed by atoms with E-state index >= 15 is 0 Å². The minimum absolute atomic E-state index is 0.0123. The maximum atomic E-state index is 12.3. The molecule has 2 rings (SSSR count). The number of hydrogen-bond acceptors (Lipinski definition) is 5. The van der Waals surface area contributed by atoms with Crippen LogP contribution in [-0.4, -0.2) is 33.7 Å². The lowest BCUT2D eigenvalue weighted by Crippen LogP contribution is -2.39. The first-order valence-corrected chi connectivity index (χ1v) is 6.72. The fourth-order valence-electron chi connectivity index (χ4n) is 1.75. The zero-order valence-electron chi connectivity index (χ0n) is 12.6. The van der Waals surface area contributed by atoms with Crippen LogP contribution in [0, 0.1) is 12.3 Å². The Morgan fingerprint density at radius 3 is 2.59 bits per heavy atom. The molecule has 0 aliphatic rings. The van der Waals surface area contributed by atoms with Gasteiger partial charge in [0.1, 0.15) is 0 Å². The Kier molecular flexibility index (Phi) is 4.25. The van der Waals surface area contributed by atoms with Crippen LogP contribution in [0.15, 0.2) is 28.8 Å². The van der Waals surface area contributed by atoms with Crippen molar-refractivity contribution in [2.24, 2.45) is 5.41 Å². The van der Waals surface area contributed by atoms with Crippen molar-refractivity contribution < 1.29 is 19.2 Å². The zero-order valence-corrected chi connectivity index (χ0v) is 12.6. The molecule has 7 heteroatoms. The first-order chi connectivity index (χ1) is 10.3. The van der Waals surface area contributed by atoms with E-state index in [1.165, 1.54) is 0 Å². The average Bonchev–Trinajstić information content (AvgIpc) is 2.91. The highest BCUT2D eigenvalue weighted by Crippen LogP contribution is 2.22. The van der Waals surface area contributed by atoms with Crippen molar-refractivity contribution in [1.82, 2.24) is 15.5 Å². The molecule has 22 heavy (non-hydrogen) atoms. The first kappa shape index (κ1) is 15.7. The summed E-state index contributed by atoms with van der Waals surface area (Å²) in [5.74, 6) is -0.646. The number of carboxylic acid groups (broad SMARTS) is 1. The lowest BCUT2D eigenvalue weighted by Gasteiger charge is -2.19. The number of aromatic nitrogens is 2. The van der Waals surface area contributed by atoms with Gasteiger partial charge in [0.15, 0.2) is 5.82 Å². The molecule has 116 valence electrons. The van der Waals surface area contributed by atoms with Gasteiger partial charge < -0.3 is 14.9 Å². The number of rotatable bonds is 5. The molecule has 0 atom stereocenters. The second-order valence-corrected chi connectivity index (χ2v) is 5.56. The van der Waals surface area contributed by atoms with Gasteiger partial charge in [-0.25, -0.2) is 0 Å². The topological polar surface area (TPSA) is 105 Å². The van der Waals surface area contributed by atoms with E-state index in [-0.39, 0.29) is 18.3 Å². The lowest BCUT2D eigenvalue weighted by atomic mass is 9.93. The summed E-state index contributed by atoms with van der Waals surface area (Å²) in [7, 11) is 0. The number of nitrogens with zero attached hydrogens (tertiary/aromatic N) is 2. The second kappa shape index (κ2) is 5.97. The van der Waals surface area contributed by atoms with Gasteiger partial charge in [0.25, 0.3) is 11.8 Å². The van der Waals surface area contributed by atoms with E-state index in [1.807, 2.05) is 0 Å². The summed E-state index contributed by atoms with van der Waals surface area (Å²) in [5.41, 5.74) is -0.188. The smallest absolute Gasteiger partial charge is 0.310 e. The Morgan fingerprint density at radius 1 is 1.32 bits per heavy atom. The fourth-order valence-corrected chi connectivity index (χ4v) is 1.75. The van der Waals surface area contributed by atoms with Crippen molar-refractivity contribution in [2.45, 2.75) is 20.8 Å². The molecule has 2 N–H and O–H groups in total. The summed E-state index contributed by atoms with van der Waals surface area (Å²) < 4.78 is 5.09. The van der Waals surface area contributed by atoms with Crippen molar-refractivity contribution >= 4 is 11.9 Å². The van der Waals surface area contributed by atoms with Crippen molar-refractivity contribution in [3.8, 4) is 11.5 Å². The predicted molar refractivity (Wildman–Crippen MR) is 78.2 cm³/mol. The normalized spacial score (nSPS) is 11.2. The quantitative estimate of drug-likeness (QED) is 0.873. The standard InChI is InChI=1S/C15H17N3O4/c1-9-17-13(22-18-9)11-7-5-4-6-10(11)12(19)16-8-15(2,3)14(20)21/h4-7H,8H2,1-3H3,(H,16,19)(H,20,21). The van der Waals surface area contributed by atoms with Crippen LogP contribution in [0.25, 0.3) is 11.5 Å². The average molecular weight is 303 g/mol. The number of carbonyl (C=O) groups is 2.